The van der Waals surface area contributed by atoms with E-state index in [1.807, 2.05) is 0 Å². The molecule has 0 atom stereocenters. The van der Waals surface area contributed by atoms with Gasteiger partial charge < -0.3 is 20.5 Å². The number of carboxylic acid groups (broad SMARTS) is 1. The van der Waals surface area contributed by atoms with Crippen molar-refractivity contribution in [1.29, 1.82) is 0 Å². The number of benzene rings is 2. The zero-order valence-electron chi connectivity index (χ0n) is 13.4. The first-order chi connectivity index (χ1) is 12.8. The molecule has 1 heterocycles. The van der Waals surface area contributed by atoms with Gasteiger partial charge in [0.25, 0.3) is 0 Å². The van der Waals surface area contributed by atoms with E-state index in [0.717, 1.165) is 4.47 Å². The molecule has 3 rings (SSSR count). The number of aromatic amines is 1. The van der Waals surface area contributed by atoms with E-state index in [1.165, 1.54) is 24.3 Å². The molecular formula is C17H11BrN4O5. The minimum atomic E-state index is -1.18. The lowest BCUT2D eigenvalue weighted by Gasteiger charge is -2.02. The lowest BCUT2D eigenvalue weighted by Crippen LogP contribution is -2.20. The molecule has 10 heteroatoms. The summed E-state index contributed by atoms with van der Waals surface area (Å²) < 4.78 is 0.735. The van der Waals surface area contributed by atoms with Gasteiger partial charge in [0, 0.05) is 15.5 Å². The van der Waals surface area contributed by atoms with E-state index in [1.54, 1.807) is 18.2 Å². The molecule has 0 aliphatic carbocycles. The normalized spacial score (nSPS) is 11.0. The van der Waals surface area contributed by atoms with Gasteiger partial charge in [-0.1, -0.05) is 15.9 Å². The third-order valence-electron chi connectivity index (χ3n) is 3.54. The highest BCUT2D eigenvalue weighted by Crippen LogP contribution is 2.36. The Labute approximate surface area is 159 Å². The van der Waals surface area contributed by atoms with Gasteiger partial charge in [0.2, 0.25) is 5.88 Å². The lowest BCUT2D eigenvalue weighted by molar-refractivity contribution is -0.134. The fraction of sp³-hybridized carbons (Fsp3) is 0. The lowest BCUT2D eigenvalue weighted by atomic mass is 10.2. The quantitative estimate of drug-likeness (QED) is 0.370. The molecule has 0 unspecified atom stereocenters. The standard InChI is InChI=1S/C17H11BrN4O5/c18-9-3-6-12-11(7-9)13(14(23)20-12)21-22-16(25)15(24)19-10-4-1-8(2-5-10)17(26)27/h1-7,20,23H,(H,19,24)(H,26,27). The number of aromatic carboxylic acids is 1. The molecule has 0 spiro atoms. The van der Waals surface area contributed by atoms with Gasteiger partial charge in [-0.05, 0) is 42.5 Å². The van der Waals surface area contributed by atoms with Crippen LogP contribution in [0.4, 0.5) is 11.4 Å². The molecule has 0 aliphatic heterocycles. The van der Waals surface area contributed by atoms with E-state index in [9.17, 15) is 19.5 Å². The number of aromatic nitrogens is 1. The summed E-state index contributed by atoms with van der Waals surface area (Å²) >= 11 is 3.29. The van der Waals surface area contributed by atoms with Crippen LogP contribution >= 0.6 is 15.9 Å². The number of anilines is 1. The molecule has 136 valence electrons. The summed E-state index contributed by atoms with van der Waals surface area (Å²) in [5, 5.41) is 28.5. The van der Waals surface area contributed by atoms with Crippen LogP contribution in [0, 0.1) is 0 Å². The molecule has 0 saturated carbocycles. The van der Waals surface area contributed by atoms with Crippen LogP contribution in [-0.2, 0) is 9.59 Å². The van der Waals surface area contributed by atoms with Crippen molar-refractivity contribution in [2.24, 2.45) is 10.2 Å². The average molecular weight is 431 g/mol. The molecule has 1 aromatic heterocycles. The molecule has 0 aliphatic rings. The largest absolute Gasteiger partial charge is 0.493 e. The summed E-state index contributed by atoms with van der Waals surface area (Å²) in [4.78, 5) is 37.2. The summed E-state index contributed by atoms with van der Waals surface area (Å²) in [5.74, 6) is -3.63. The number of carbonyl (C=O) groups excluding carboxylic acids is 2. The maximum Gasteiger partial charge on any atom is 0.353 e. The topological polar surface area (TPSA) is 144 Å². The Hall–Kier alpha value is -3.53. The van der Waals surface area contributed by atoms with Crippen molar-refractivity contribution in [2.75, 3.05) is 5.32 Å². The van der Waals surface area contributed by atoms with E-state index < -0.39 is 17.8 Å². The Morgan fingerprint density at radius 1 is 1.07 bits per heavy atom. The molecule has 3 aromatic rings. The monoisotopic (exact) mass is 430 g/mol. The van der Waals surface area contributed by atoms with Crippen LogP contribution in [0.2, 0.25) is 0 Å². The third-order valence-corrected chi connectivity index (χ3v) is 4.03. The molecule has 0 saturated heterocycles. The Morgan fingerprint density at radius 2 is 1.78 bits per heavy atom. The van der Waals surface area contributed by atoms with Crippen LogP contribution in [0.15, 0.2) is 57.2 Å². The Kier molecular flexibility index (Phi) is 4.99. The molecule has 0 radical (unpaired) electrons. The minimum absolute atomic E-state index is 0.0262. The first-order valence-corrected chi connectivity index (χ1v) is 8.25. The number of amides is 2. The fourth-order valence-corrected chi connectivity index (χ4v) is 2.62. The van der Waals surface area contributed by atoms with Crippen LogP contribution in [0.1, 0.15) is 10.4 Å². The van der Waals surface area contributed by atoms with Crippen LogP contribution in [0.25, 0.3) is 10.9 Å². The first kappa shape index (κ1) is 18.3. The zero-order valence-corrected chi connectivity index (χ0v) is 15.0. The maximum atomic E-state index is 11.9. The molecule has 4 N–H and O–H groups in total. The number of hydrogen-bond donors (Lipinski definition) is 4. The first-order valence-electron chi connectivity index (χ1n) is 7.46. The number of rotatable bonds is 3. The maximum absolute atomic E-state index is 11.9. The fourth-order valence-electron chi connectivity index (χ4n) is 2.26. The van der Waals surface area contributed by atoms with Gasteiger partial charge in [-0.15, -0.1) is 10.2 Å². The number of azo groups is 1. The summed E-state index contributed by atoms with van der Waals surface area (Å²) in [6.07, 6.45) is 0. The number of hydrogen-bond acceptors (Lipinski definition) is 5. The van der Waals surface area contributed by atoms with E-state index in [-0.39, 0.29) is 22.8 Å². The molecule has 0 bridgehead atoms. The number of nitrogens with zero attached hydrogens (tertiary/aromatic N) is 2. The third kappa shape index (κ3) is 4.01. The van der Waals surface area contributed by atoms with Crippen LogP contribution in [0.3, 0.4) is 0 Å². The molecule has 0 fully saturated rings. The van der Waals surface area contributed by atoms with E-state index in [0.29, 0.717) is 10.9 Å². The summed E-state index contributed by atoms with van der Waals surface area (Å²) in [6.45, 7) is 0. The molecular weight excluding hydrogens is 420 g/mol. The summed E-state index contributed by atoms with van der Waals surface area (Å²) in [5.41, 5.74) is 0.880. The van der Waals surface area contributed by atoms with Crippen LogP contribution < -0.4 is 5.32 Å². The van der Waals surface area contributed by atoms with Crippen molar-refractivity contribution in [3.05, 3.63) is 52.5 Å². The van der Waals surface area contributed by atoms with Gasteiger partial charge in [0.05, 0.1) is 11.1 Å². The SMILES string of the molecule is O=C(N=Nc1c(O)[nH]c2ccc(Br)cc12)C(=O)Nc1ccc(C(=O)O)cc1. The van der Waals surface area contributed by atoms with Gasteiger partial charge in [0.15, 0.2) is 5.69 Å². The number of aromatic hydroxyl groups is 1. The molecule has 9 nitrogen and oxygen atoms in total. The van der Waals surface area contributed by atoms with Gasteiger partial charge in [-0.25, -0.2) is 4.79 Å². The smallest absolute Gasteiger partial charge is 0.353 e. The number of halogens is 1. The number of fused-ring (bicyclic) bond motifs is 1. The average Bonchev–Trinajstić information content (AvgIpc) is 2.94. The van der Waals surface area contributed by atoms with Crippen molar-refractivity contribution in [3.63, 3.8) is 0 Å². The highest BCUT2D eigenvalue weighted by atomic mass is 79.9. The number of nitrogens with one attached hydrogen (secondary N) is 2. The van der Waals surface area contributed by atoms with E-state index >= 15 is 0 Å². The molecule has 27 heavy (non-hydrogen) atoms. The van der Waals surface area contributed by atoms with Crippen molar-refractivity contribution < 1.29 is 24.6 Å². The Bertz CT molecular complexity index is 1090. The minimum Gasteiger partial charge on any atom is -0.493 e. The van der Waals surface area contributed by atoms with Crippen molar-refractivity contribution in [3.8, 4) is 5.88 Å². The number of H-pyrrole nitrogens is 1. The second-order valence-electron chi connectivity index (χ2n) is 5.35. The predicted molar refractivity (Wildman–Crippen MR) is 99.2 cm³/mol. The van der Waals surface area contributed by atoms with Crippen molar-refractivity contribution in [2.45, 2.75) is 0 Å². The highest BCUT2D eigenvalue weighted by Gasteiger charge is 2.16. The second kappa shape index (κ2) is 7.38. The Balaban J connectivity index is 1.75. The van der Waals surface area contributed by atoms with Gasteiger partial charge in [-0.2, -0.15) is 0 Å². The predicted octanol–water partition coefficient (Wildman–Crippen LogP) is 3.58. The highest BCUT2D eigenvalue weighted by molar-refractivity contribution is 9.10. The van der Waals surface area contributed by atoms with E-state index in [2.05, 4.69) is 36.5 Å². The van der Waals surface area contributed by atoms with Crippen LogP contribution in [0.5, 0.6) is 5.88 Å². The van der Waals surface area contributed by atoms with Gasteiger partial charge in [-0.3, -0.25) is 9.59 Å². The summed E-state index contributed by atoms with van der Waals surface area (Å²) in [7, 11) is 0. The number of carbonyl (C=O) groups is 3. The van der Waals surface area contributed by atoms with Crippen molar-refractivity contribution in [1.82, 2.24) is 4.98 Å². The Morgan fingerprint density at radius 3 is 2.44 bits per heavy atom. The van der Waals surface area contributed by atoms with Gasteiger partial charge >= 0.3 is 17.8 Å². The van der Waals surface area contributed by atoms with Gasteiger partial charge in [0.1, 0.15) is 0 Å². The van der Waals surface area contributed by atoms with E-state index in [4.69, 9.17) is 5.11 Å². The molecule has 2 amide bonds. The zero-order chi connectivity index (χ0) is 19.6. The van der Waals surface area contributed by atoms with Crippen molar-refractivity contribution >= 4 is 56.0 Å². The summed E-state index contributed by atoms with van der Waals surface area (Å²) in [6, 6.07) is 10.4. The molecule has 2 aromatic carbocycles. The number of carboxylic acids is 1. The van der Waals surface area contributed by atoms with Crippen LogP contribution in [-0.4, -0.2) is 33.0 Å². The second-order valence-corrected chi connectivity index (χ2v) is 6.27.